The first-order chi connectivity index (χ1) is 12.7. The number of hydrogen-bond acceptors (Lipinski definition) is 1. The summed E-state index contributed by atoms with van der Waals surface area (Å²) in [6.07, 6.45) is 0.816. The van der Waals surface area contributed by atoms with Gasteiger partial charge in [-0.05, 0) is 36.2 Å². The summed E-state index contributed by atoms with van der Waals surface area (Å²) in [5, 5.41) is 8.19. The monoisotopic (exact) mass is 343 g/mol. The van der Waals surface area contributed by atoms with Gasteiger partial charge in [-0.3, -0.25) is 0 Å². The van der Waals surface area contributed by atoms with Gasteiger partial charge in [0.25, 0.3) is 0 Å². The molecule has 0 radical (unpaired) electrons. The van der Waals surface area contributed by atoms with Gasteiger partial charge in [-0.2, -0.15) is 0 Å². The topological polar surface area (TPSA) is 46.1 Å². The Morgan fingerprint density at radius 1 is 0.885 bits per heavy atom. The zero-order valence-corrected chi connectivity index (χ0v) is 14.7. The second-order valence-corrected chi connectivity index (χ2v) is 6.42. The van der Waals surface area contributed by atoms with Gasteiger partial charge in [-0.25, -0.2) is 4.79 Å². The molecule has 2 amide bonds. The van der Waals surface area contributed by atoms with Crippen molar-refractivity contribution in [2.75, 3.05) is 11.9 Å². The molecule has 0 aliphatic carbocycles. The van der Waals surface area contributed by atoms with Crippen molar-refractivity contribution in [3.63, 3.8) is 0 Å². The lowest BCUT2D eigenvalue weighted by Gasteiger charge is -2.08. The largest absolute Gasteiger partial charge is 0.344 e. The molecule has 4 aromatic rings. The van der Waals surface area contributed by atoms with Gasteiger partial charge in [0.2, 0.25) is 0 Å². The second kappa shape index (κ2) is 6.92. The summed E-state index contributed by atoms with van der Waals surface area (Å²) in [7, 11) is 2.06. The van der Waals surface area contributed by atoms with Crippen LogP contribution in [0.5, 0.6) is 0 Å². The summed E-state index contributed by atoms with van der Waals surface area (Å²) >= 11 is 0. The Morgan fingerprint density at radius 3 is 2.46 bits per heavy atom. The van der Waals surface area contributed by atoms with Crippen LogP contribution in [0.4, 0.5) is 10.5 Å². The van der Waals surface area contributed by atoms with Crippen LogP contribution in [0.15, 0.2) is 72.8 Å². The van der Waals surface area contributed by atoms with Gasteiger partial charge >= 0.3 is 6.03 Å². The van der Waals surface area contributed by atoms with Gasteiger partial charge in [0.05, 0.1) is 0 Å². The maximum Gasteiger partial charge on any atom is 0.319 e. The summed E-state index contributed by atoms with van der Waals surface area (Å²) in [4.78, 5) is 12.2. The second-order valence-electron chi connectivity index (χ2n) is 6.42. The predicted molar refractivity (Wildman–Crippen MR) is 108 cm³/mol. The Hall–Kier alpha value is -3.27. The zero-order valence-electron chi connectivity index (χ0n) is 14.7. The average molecular weight is 343 g/mol. The highest BCUT2D eigenvalue weighted by Gasteiger charge is 2.09. The minimum atomic E-state index is -0.180. The number of anilines is 1. The first-order valence-electron chi connectivity index (χ1n) is 8.78. The number of amides is 2. The number of nitrogens with zero attached hydrogens (tertiary/aromatic N) is 1. The van der Waals surface area contributed by atoms with Crippen molar-refractivity contribution in [3.05, 3.63) is 78.4 Å². The Kier molecular flexibility index (Phi) is 4.32. The minimum absolute atomic E-state index is 0.180. The molecular formula is C22H21N3O. The van der Waals surface area contributed by atoms with Crippen LogP contribution in [0.3, 0.4) is 0 Å². The summed E-state index contributed by atoms with van der Waals surface area (Å²) in [6, 6.07) is 24.3. The van der Waals surface area contributed by atoms with E-state index in [0.29, 0.717) is 6.54 Å². The molecule has 0 aliphatic heterocycles. The van der Waals surface area contributed by atoms with Gasteiger partial charge in [-0.1, -0.05) is 48.5 Å². The Morgan fingerprint density at radius 2 is 1.62 bits per heavy atom. The minimum Gasteiger partial charge on any atom is -0.344 e. The lowest BCUT2D eigenvalue weighted by molar-refractivity contribution is 0.252. The SMILES string of the molecule is Cn1c2ccccc2c2cc(NC(=O)NCCc3ccccc3)ccc21. The Balaban J connectivity index is 1.47. The first-order valence-corrected chi connectivity index (χ1v) is 8.78. The van der Waals surface area contributed by atoms with E-state index in [1.165, 1.54) is 16.5 Å². The van der Waals surface area contributed by atoms with E-state index >= 15 is 0 Å². The number of hydrogen-bond donors (Lipinski definition) is 2. The van der Waals surface area contributed by atoms with E-state index in [4.69, 9.17) is 0 Å². The third kappa shape index (κ3) is 3.14. The number of urea groups is 1. The molecule has 1 heterocycles. The molecule has 0 aliphatic rings. The van der Waals surface area contributed by atoms with Crippen LogP contribution in [0.1, 0.15) is 5.56 Å². The van der Waals surface area contributed by atoms with Gasteiger partial charge in [0.1, 0.15) is 0 Å². The van der Waals surface area contributed by atoms with Gasteiger partial charge in [-0.15, -0.1) is 0 Å². The average Bonchev–Trinajstić information content (AvgIpc) is 2.95. The number of carbonyl (C=O) groups is 1. The quantitative estimate of drug-likeness (QED) is 0.554. The number of benzene rings is 3. The fraction of sp³-hybridized carbons (Fsp3) is 0.136. The van der Waals surface area contributed by atoms with Crippen LogP contribution in [-0.2, 0) is 13.5 Å². The van der Waals surface area contributed by atoms with Crippen LogP contribution in [-0.4, -0.2) is 17.1 Å². The number of rotatable bonds is 4. The van der Waals surface area contributed by atoms with E-state index < -0.39 is 0 Å². The highest BCUT2D eigenvalue weighted by Crippen LogP contribution is 2.29. The van der Waals surface area contributed by atoms with Crippen molar-refractivity contribution in [2.24, 2.45) is 7.05 Å². The van der Waals surface area contributed by atoms with Crippen molar-refractivity contribution in [1.29, 1.82) is 0 Å². The number of aryl methyl sites for hydroxylation is 1. The molecule has 3 aromatic carbocycles. The maximum absolute atomic E-state index is 12.2. The number of fused-ring (bicyclic) bond motifs is 3. The molecule has 26 heavy (non-hydrogen) atoms. The summed E-state index contributed by atoms with van der Waals surface area (Å²) in [5.74, 6) is 0. The van der Waals surface area contributed by atoms with Crippen molar-refractivity contribution in [1.82, 2.24) is 9.88 Å². The predicted octanol–water partition coefficient (Wildman–Crippen LogP) is 4.70. The van der Waals surface area contributed by atoms with Crippen LogP contribution in [0.2, 0.25) is 0 Å². The molecule has 1 aromatic heterocycles. The van der Waals surface area contributed by atoms with Crippen LogP contribution < -0.4 is 10.6 Å². The molecular weight excluding hydrogens is 322 g/mol. The molecule has 0 fully saturated rings. The normalized spacial score (nSPS) is 11.0. The lowest BCUT2D eigenvalue weighted by atomic mass is 10.1. The number of aromatic nitrogens is 1. The van der Waals surface area contributed by atoms with Crippen molar-refractivity contribution in [3.8, 4) is 0 Å². The summed E-state index contributed by atoms with van der Waals surface area (Å²) in [6.45, 7) is 0.604. The van der Waals surface area contributed by atoms with Gasteiger partial charge in [0.15, 0.2) is 0 Å². The van der Waals surface area contributed by atoms with E-state index in [0.717, 1.165) is 23.0 Å². The van der Waals surface area contributed by atoms with Crippen LogP contribution >= 0.6 is 0 Å². The molecule has 0 saturated carbocycles. The zero-order chi connectivity index (χ0) is 17.9. The van der Waals surface area contributed by atoms with Crippen molar-refractivity contribution < 1.29 is 4.79 Å². The Bertz CT molecular complexity index is 1070. The molecule has 130 valence electrons. The number of nitrogens with one attached hydrogen (secondary N) is 2. The molecule has 0 saturated heterocycles. The van der Waals surface area contributed by atoms with Gasteiger partial charge in [0, 0.05) is 41.1 Å². The van der Waals surface area contributed by atoms with Crippen LogP contribution in [0.25, 0.3) is 21.8 Å². The van der Waals surface area contributed by atoms with E-state index in [-0.39, 0.29) is 6.03 Å². The van der Waals surface area contributed by atoms with Crippen molar-refractivity contribution >= 4 is 33.5 Å². The standard InChI is InChI=1S/C22H21N3O/c1-25-20-10-6-5-9-18(20)19-15-17(11-12-21(19)25)24-22(26)23-14-13-16-7-3-2-4-8-16/h2-12,15H,13-14H2,1H3,(H2,23,24,26). The van der Waals surface area contributed by atoms with E-state index in [1.807, 2.05) is 42.5 Å². The molecule has 4 rings (SSSR count). The van der Waals surface area contributed by atoms with E-state index in [1.54, 1.807) is 0 Å². The molecule has 4 heteroatoms. The summed E-state index contributed by atoms with van der Waals surface area (Å²) < 4.78 is 2.17. The Labute approximate surface area is 152 Å². The fourth-order valence-electron chi connectivity index (χ4n) is 3.39. The highest BCUT2D eigenvalue weighted by atomic mass is 16.2. The number of para-hydroxylation sites is 1. The summed E-state index contributed by atoms with van der Waals surface area (Å²) in [5.41, 5.74) is 4.35. The first kappa shape index (κ1) is 16.2. The van der Waals surface area contributed by atoms with Crippen molar-refractivity contribution in [2.45, 2.75) is 6.42 Å². The fourth-order valence-corrected chi connectivity index (χ4v) is 3.39. The number of carbonyl (C=O) groups excluding carboxylic acids is 1. The molecule has 0 spiro atoms. The maximum atomic E-state index is 12.2. The molecule has 4 nitrogen and oxygen atoms in total. The van der Waals surface area contributed by atoms with Crippen LogP contribution in [0, 0.1) is 0 Å². The molecule has 2 N–H and O–H groups in total. The lowest BCUT2D eigenvalue weighted by Crippen LogP contribution is -2.30. The van der Waals surface area contributed by atoms with E-state index in [2.05, 4.69) is 52.6 Å². The molecule has 0 bridgehead atoms. The smallest absolute Gasteiger partial charge is 0.319 e. The highest BCUT2D eigenvalue weighted by molar-refractivity contribution is 6.09. The third-order valence-corrected chi connectivity index (χ3v) is 4.71. The third-order valence-electron chi connectivity index (χ3n) is 4.71. The molecule has 0 atom stereocenters. The molecule has 0 unspecified atom stereocenters. The van der Waals surface area contributed by atoms with Gasteiger partial charge < -0.3 is 15.2 Å². The van der Waals surface area contributed by atoms with E-state index in [9.17, 15) is 4.79 Å².